The zero-order valence-corrected chi connectivity index (χ0v) is 15.7. The van der Waals surface area contributed by atoms with Gasteiger partial charge in [-0.15, -0.1) is 0 Å². The Morgan fingerprint density at radius 3 is 2.36 bits per heavy atom. The topological polar surface area (TPSA) is 44.8 Å². The second-order valence-corrected chi connectivity index (χ2v) is 6.24. The molecule has 1 atom stereocenters. The summed E-state index contributed by atoms with van der Waals surface area (Å²) in [6, 6.07) is 20.5. The number of hydrogen-bond acceptors (Lipinski definition) is 4. The molecule has 144 valence electrons. The maximum atomic E-state index is 13.0. The molecule has 0 saturated heterocycles. The Morgan fingerprint density at radius 2 is 1.68 bits per heavy atom. The summed E-state index contributed by atoms with van der Waals surface area (Å²) in [4.78, 5) is 12.5. The molecule has 3 aromatic carbocycles. The van der Waals surface area contributed by atoms with Crippen molar-refractivity contribution in [2.75, 3.05) is 7.11 Å². The van der Waals surface area contributed by atoms with Gasteiger partial charge in [-0.2, -0.15) is 0 Å². The lowest BCUT2D eigenvalue weighted by molar-refractivity contribution is 0.0337. The van der Waals surface area contributed by atoms with Crippen LogP contribution in [0.25, 0.3) is 0 Å². The number of methoxy groups -OCH3 is 1. The van der Waals surface area contributed by atoms with Gasteiger partial charge >= 0.3 is 5.97 Å². The summed E-state index contributed by atoms with van der Waals surface area (Å²) < 4.78 is 29.7. The minimum Gasteiger partial charge on any atom is -0.493 e. The maximum Gasteiger partial charge on any atom is 0.338 e. The van der Waals surface area contributed by atoms with Crippen LogP contribution in [-0.4, -0.2) is 13.1 Å². The highest BCUT2D eigenvalue weighted by atomic mass is 19.1. The highest BCUT2D eigenvalue weighted by Gasteiger charge is 2.16. The Hall–Kier alpha value is -3.34. The summed E-state index contributed by atoms with van der Waals surface area (Å²) in [5.74, 6) is 0.150. The number of halogens is 1. The summed E-state index contributed by atoms with van der Waals surface area (Å²) in [5, 5.41) is 0. The second-order valence-electron chi connectivity index (χ2n) is 6.24. The Morgan fingerprint density at radius 1 is 0.964 bits per heavy atom. The van der Waals surface area contributed by atoms with Crippen molar-refractivity contribution in [3.8, 4) is 11.5 Å². The molecule has 0 aliphatic rings. The first kappa shape index (κ1) is 19.4. The number of hydrogen-bond donors (Lipinski definition) is 0. The summed E-state index contributed by atoms with van der Waals surface area (Å²) >= 11 is 0. The predicted molar refractivity (Wildman–Crippen MR) is 104 cm³/mol. The summed E-state index contributed by atoms with van der Waals surface area (Å²) in [7, 11) is 1.51. The van der Waals surface area contributed by atoms with Crippen molar-refractivity contribution in [1.29, 1.82) is 0 Å². The Kier molecular flexibility index (Phi) is 6.27. The largest absolute Gasteiger partial charge is 0.493 e. The first-order valence-corrected chi connectivity index (χ1v) is 8.88. The molecule has 0 fully saturated rings. The van der Waals surface area contributed by atoms with Crippen LogP contribution in [0.5, 0.6) is 11.5 Å². The number of ether oxygens (including phenoxy) is 3. The van der Waals surface area contributed by atoms with E-state index in [2.05, 4.69) is 0 Å². The van der Waals surface area contributed by atoms with E-state index in [-0.39, 0.29) is 5.82 Å². The fraction of sp³-hybridized carbons (Fsp3) is 0.174. The van der Waals surface area contributed by atoms with Crippen molar-refractivity contribution in [1.82, 2.24) is 0 Å². The summed E-state index contributed by atoms with van der Waals surface area (Å²) in [6.45, 7) is 2.13. The molecule has 3 rings (SSSR count). The number of carbonyl (C=O) groups is 1. The van der Waals surface area contributed by atoms with Gasteiger partial charge in [0.1, 0.15) is 18.5 Å². The molecule has 0 amide bonds. The minimum absolute atomic E-state index is 0.335. The van der Waals surface area contributed by atoms with Crippen LogP contribution in [-0.2, 0) is 11.3 Å². The van der Waals surface area contributed by atoms with E-state index in [1.165, 1.54) is 19.2 Å². The molecule has 4 nitrogen and oxygen atoms in total. The molecule has 0 aliphatic heterocycles. The maximum absolute atomic E-state index is 13.0. The third-order valence-corrected chi connectivity index (χ3v) is 4.26. The highest BCUT2D eigenvalue weighted by Crippen LogP contribution is 2.30. The molecule has 3 aromatic rings. The van der Waals surface area contributed by atoms with Crippen molar-refractivity contribution in [2.24, 2.45) is 0 Å². The smallest absolute Gasteiger partial charge is 0.338 e. The van der Waals surface area contributed by atoms with E-state index in [9.17, 15) is 9.18 Å². The molecule has 0 bridgehead atoms. The van der Waals surface area contributed by atoms with E-state index < -0.39 is 12.1 Å². The van der Waals surface area contributed by atoms with Gasteiger partial charge in [-0.05, 0) is 48.4 Å². The van der Waals surface area contributed by atoms with Crippen molar-refractivity contribution < 1.29 is 23.4 Å². The molecule has 0 radical (unpaired) electrons. The lowest BCUT2D eigenvalue weighted by atomic mass is 10.1. The Balaban J connectivity index is 1.68. The molecule has 28 heavy (non-hydrogen) atoms. The Labute approximate surface area is 163 Å². The van der Waals surface area contributed by atoms with Gasteiger partial charge in [-0.25, -0.2) is 9.18 Å². The first-order chi connectivity index (χ1) is 13.6. The van der Waals surface area contributed by atoms with Gasteiger partial charge in [0.15, 0.2) is 11.5 Å². The van der Waals surface area contributed by atoms with Gasteiger partial charge in [0.25, 0.3) is 0 Å². The van der Waals surface area contributed by atoms with Crippen molar-refractivity contribution >= 4 is 5.97 Å². The highest BCUT2D eigenvalue weighted by molar-refractivity contribution is 5.90. The van der Waals surface area contributed by atoms with Crippen LogP contribution >= 0.6 is 0 Å². The monoisotopic (exact) mass is 380 g/mol. The third-order valence-electron chi connectivity index (χ3n) is 4.26. The van der Waals surface area contributed by atoms with Gasteiger partial charge < -0.3 is 14.2 Å². The van der Waals surface area contributed by atoms with Crippen LogP contribution in [0.2, 0.25) is 0 Å². The van der Waals surface area contributed by atoms with Crippen LogP contribution in [0.4, 0.5) is 4.39 Å². The standard InChI is InChI=1S/C23H21FO4/c1-16(18-8-11-20(24)12-9-18)28-23(25)19-10-13-21(22(14-19)26-2)27-15-17-6-4-3-5-7-17/h3-14,16H,15H2,1-2H3/t16-/m1/s1. The zero-order chi connectivity index (χ0) is 19.9. The average Bonchev–Trinajstić information content (AvgIpc) is 2.73. The fourth-order valence-corrected chi connectivity index (χ4v) is 2.68. The molecule has 0 aromatic heterocycles. The minimum atomic E-state index is -0.506. The number of carbonyl (C=O) groups excluding carboxylic acids is 1. The molecule has 0 heterocycles. The molecule has 0 unspecified atom stereocenters. The van der Waals surface area contributed by atoms with E-state index in [0.29, 0.717) is 29.2 Å². The van der Waals surface area contributed by atoms with E-state index in [0.717, 1.165) is 5.56 Å². The van der Waals surface area contributed by atoms with E-state index in [1.54, 1.807) is 37.3 Å². The van der Waals surface area contributed by atoms with Crippen LogP contribution in [0.1, 0.15) is 34.5 Å². The normalized spacial score (nSPS) is 11.5. The number of esters is 1. The Bertz CT molecular complexity index is 923. The molecule has 5 heteroatoms. The molecule has 0 spiro atoms. The summed E-state index contributed by atoms with van der Waals surface area (Å²) in [5.41, 5.74) is 2.09. The molecular formula is C23H21FO4. The zero-order valence-electron chi connectivity index (χ0n) is 15.7. The quantitative estimate of drug-likeness (QED) is 0.520. The molecule has 0 aliphatic carbocycles. The lowest BCUT2D eigenvalue weighted by Crippen LogP contribution is -2.10. The number of rotatable bonds is 7. The van der Waals surface area contributed by atoms with Gasteiger partial charge in [0, 0.05) is 0 Å². The van der Waals surface area contributed by atoms with Gasteiger partial charge in [0.2, 0.25) is 0 Å². The third kappa shape index (κ3) is 4.88. The van der Waals surface area contributed by atoms with Crippen molar-refractivity contribution in [3.63, 3.8) is 0 Å². The van der Waals surface area contributed by atoms with E-state index in [1.807, 2.05) is 30.3 Å². The van der Waals surface area contributed by atoms with Gasteiger partial charge in [-0.3, -0.25) is 0 Å². The first-order valence-electron chi connectivity index (χ1n) is 8.88. The molecule has 0 N–H and O–H groups in total. The summed E-state index contributed by atoms with van der Waals surface area (Å²) in [6.07, 6.45) is -0.506. The van der Waals surface area contributed by atoms with Crippen molar-refractivity contribution in [3.05, 3.63) is 95.3 Å². The predicted octanol–water partition coefficient (Wildman–Crippen LogP) is 5.33. The van der Waals surface area contributed by atoms with Crippen LogP contribution < -0.4 is 9.47 Å². The fourth-order valence-electron chi connectivity index (χ4n) is 2.68. The van der Waals surface area contributed by atoms with Crippen LogP contribution in [0.15, 0.2) is 72.8 Å². The van der Waals surface area contributed by atoms with Crippen molar-refractivity contribution in [2.45, 2.75) is 19.6 Å². The molecular weight excluding hydrogens is 359 g/mol. The second kappa shape index (κ2) is 9.04. The average molecular weight is 380 g/mol. The van der Waals surface area contributed by atoms with E-state index >= 15 is 0 Å². The van der Waals surface area contributed by atoms with Crippen LogP contribution in [0, 0.1) is 5.82 Å². The van der Waals surface area contributed by atoms with E-state index in [4.69, 9.17) is 14.2 Å². The lowest BCUT2D eigenvalue weighted by Gasteiger charge is -2.15. The van der Waals surface area contributed by atoms with Gasteiger partial charge in [0.05, 0.1) is 12.7 Å². The molecule has 0 saturated carbocycles. The SMILES string of the molecule is COc1cc(C(=O)O[C@H](C)c2ccc(F)cc2)ccc1OCc1ccccc1. The van der Waals surface area contributed by atoms with Crippen LogP contribution in [0.3, 0.4) is 0 Å². The number of benzene rings is 3. The van der Waals surface area contributed by atoms with Gasteiger partial charge in [-0.1, -0.05) is 42.5 Å².